The summed E-state index contributed by atoms with van der Waals surface area (Å²) < 4.78 is 5.30. The van der Waals surface area contributed by atoms with Crippen LogP contribution in [0.25, 0.3) is 0 Å². The van der Waals surface area contributed by atoms with E-state index in [1.54, 1.807) is 36.4 Å². The standard InChI is InChI=1S/C29H26Cl2N4O4/c1-39-24-11-10-21(30)17-23(24)35-28(37)25(31)26(29(35)38)32-22-9-5-8-20(16-22)27(36)34-14-12-33(13-15-34)18-19-6-3-2-4-7-19/h2-11,16-17,32H,12-15,18H2,1H3. The van der Waals surface area contributed by atoms with Crippen LogP contribution in [-0.2, 0) is 16.1 Å². The number of hydrogen-bond acceptors (Lipinski definition) is 6. The van der Waals surface area contributed by atoms with E-state index >= 15 is 0 Å². The molecule has 1 fully saturated rings. The van der Waals surface area contributed by atoms with Crippen molar-refractivity contribution in [1.82, 2.24) is 9.80 Å². The van der Waals surface area contributed by atoms with Crippen molar-refractivity contribution in [2.24, 2.45) is 0 Å². The molecule has 0 unspecified atom stereocenters. The van der Waals surface area contributed by atoms with Gasteiger partial charge in [-0.05, 0) is 42.0 Å². The van der Waals surface area contributed by atoms with Crippen LogP contribution < -0.4 is 15.0 Å². The van der Waals surface area contributed by atoms with Crippen LogP contribution in [0.2, 0.25) is 5.02 Å². The van der Waals surface area contributed by atoms with Crippen LogP contribution in [0, 0.1) is 0 Å². The maximum absolute atomic E-state index is 13.3. The molecule has 3 amide bonds. The Kier molecular flexibility index (Phi) is 7.88. The second-order valence-electron chi connectivity index (χ2n) is 9.21. The molecule has 0 atom stereocenters. The molecule has 3 aromatic rings. The second-order valence-corrected chi connectivity index (χ2v) is 10.0. The number of nitrogens with one attached hydrogen (secondary N) is 1. The Hall–Kier alpha value is -3.85. The third-order valence-electron chi connectivity index (χ3n) is 6.70. The molecule has 0 bridgehead atoms. The van der Waals surface area contributed by atoms with Gasteiger partial charge in [0.2, 0.25) is 0 Å². The van der Waals surface area contributed by atoms with E-state index in [1.165, 1.54) is 18.7 Å². The molecule has 1 saturated heterocycles. The molecular weight excluding hydrogens is 539 g/mol. The number of carbonyl (C=O) groups is 3. The Morgan fingerprint density at radius 3 is 2.36 bits per heavy atom. The number of imide groups is 1. The SMILES string of the molecule is COc1ccc(Cl)cc1N1C(=O)C(Cl)=C(Nc2cccc(C(=O)N3CCN(Cc4ccccc4)CC3)c2)C1=O. The van der Waals surface area contributed by atoms with E-state index in [0.717, 1.165) is 24.5 Å². The average molecular weight is 565 g/mol. The summed E-state index contributed by atoms with van der Waals surface area (Å²) in [6.45, 7) is 3.64. The predicted octanol–water partition coefficient (Wildman–Crippen LogP) is 4.74. The Morgan fingerprint density at radius 1 is 0.897 bits per heavy atom. The van der Waals surface area contributed by atoms with E-state index in [4.69, 9.17) is 27.9 Å². The number of rotatable bonds is 7. The van der Waals surface area contributed by atoms with Crippen LogP contribution in [0.5, 0.6) is 5.75 Å². The summed E-state index contributed by atoms with van der Waals surface area (Å²) >= 11 is 12.4. The third kappa shape index (κ3) is 5.63. The zero-order chi connectivity index (χ0) is 27.5. The van der Waals surface area contributed by atoms with E-state index in [-0.39, 0.29) is 22.3 Å². The second kappa shape index (κ2) is 11.5. The maximum atomic E-state index is 13.3. The van der Waals surface area contributed by atoms with Crippen molar-refractivity contribution in [2.75, 3.05) is 43.5 Å². The van der Waals surface area contributed by atoms with Gasteiger partial charge in [0.15, 0.2) is 0 Å². The first-order valence-corrected chi connectivity index (χ1v) is 13.2. The Bertz CT molecular complexity index is 1450. The first-order valence-electron chi connectivity index (χ1n) is 12.4. The van der Waals surface area contributed by atoms with Gasteiger partial charge in [-0.3, -0.25) is 19.3 Å². The molecule has 2 heterocycles. The summed E-state index contributed by atoms with van der Waals surface area (Å²) in [6.07, 6.45) is 0. The van der Waals surface area contributed by atoms with Gasteiger partial charge in [0.1, 0.15) is 16.5 Å². The zero-order valence-corrected chi connectivity index (χ0v) is 22.7. The normalized spacial score (nSPS) is 16.2. The van der Waals surface area contributed by atoms with E-state index in [9.17, 15) is 14.4 Å². The molecule has 10 heteroatoms. The summed E-state index contributed by atoms with van der Waals surface area (Å²) in [5.41, 5.74) is 2.26. The van der Waals surface area contributed by atoms with Crippen LogP contribution in [0.4, 0.5) is 11.4 Å². The summed E-state index contributed by atoms with van der Waals surface area (Å²) in [5, 5.41) is 3.00. The number of carbonyl (C=O) groups excluding carboxylic acids is 3. The number of nitrogens with zero attached hydrogens (tertiary/aromatic N) is 3. The van der Waals surface area contributed by atoms with Crippen molar-refractivity contribution in [3.05, 3.63) is 99.7 Å². The molecule has 0 aliphatic carbocycles. The van der Waals surface area contributed by atoms with Crippen LogP contribution in [0.1, 0.15) is 15.9 Å². The van der Waals surface area contributed by atoms with Crippen molar-refractivity contribution < 1.29 is 19.1 Å². The minimum absolute atomic E-state index is 0.0946. The van der Waals surface area contributed by atoms with Crippen molar-refractivity contribution in [1.29, 1.82) is 0 Å². The lowest BCUT2D eigenvalue weighted by Crippen LogP contribution is -2.48. The minimum Gasteiger partial charge on any atom is -0.495 e. The van der Waals surface area contributed by atoms with Crippen LogP contribution in [-0.4, -0.2) is 60.8 Å². The summed E-state index contributed by atoms with van der Waals surface area (Å²) in [6, 6.07) is 21.7. The summed E-state index contributed by atoms with van der Waals surface area (Å²) in [5.74, 6) is -1.16. The molecule has 5 rings (SSSR count). The van der Waals surface area contributed by atoms with Crippen molar-refractivity contribution in [3.8, 4) is 5.75 Å². The fourth-order valence-electron chi connectivity index (χ4n) is 4.68. The molecule has 0 spiro atoms. The van der Waals surface area contributed by atoms with Crippen molar-refractivity contribution in [2.45, 2.75) is 6.54 Å². The lowest BCUT2D eigenvalue weighted by Gasteiger charge is -2.34. The van der Waals surface area contributed by atoms with Gasteiger partial charge in [-0.1, -0.05) is 59.6 Å². The Labute approximate surface area is 236 Å². The molecule has 3 aromatic carbocycles. The van der Waals surface area contributed by atoms with E-state index in [1.807, 2.05) is 23.1 Å². The number of anilines is 2. The molecule has 2 aliphatic rings. The number of piperazine rings is 1. The predicted molar refractivity (Wildman–Crippen MR) is 151 cm³/mol. The van der Waals surface area contributed by atoms with E-state index in [0.29, 0.717) is 35.1 Å². The molecule has 0 saturated carbocycles. The molecule has 0 radical (unpaired) electrons. The topological polar surface area (TPSA) is 82.2 Å². The fourth-order valence-corrected chi connectivity index (χ4v) is 5.05. The quantitative estimate of drug-likeness (QED) is 0.417. The highest BCUT2D eigenvalue weighted by atomic mass is 35.5. The fraction of sp³-hybridized carbons (Fsp3) is 0.207. The van der Waals surface area contributed by atoms with E-state index < -0.39 is 11.8 Å². The van der Waals surface area contributed by atoms with Gasteiger partial charge in [0.25, 0.3) is 17.7 Å². The number of halogens is 2. The van der Waals surface area contributed by atoms with E-state index in [2.05, 4.69) is 22.3 Å². The summed E-state index contributed by atoms with van der Waals surface area (Å²) in [7, 11) is 1.43. The van der Waals surface area contributed by atoms with Gasteiger partial charge in [-0.2, -0.15) is 0 Å². The largest absolute Gasteiger partial charge is 0.495 e. The molecule has 1 N–H and O–H groups in total. The van der Waals surface area contributed by atoms with Crippen molar-refractivity contribution >= 4 is 52.3 Å². The van der Waals surface area contributed by atoms with Gasteiger partial charge >= 0.3 is 0 Å². The van der Waals surface area contributed by atoms with Crippen LogP contribution >= 0.6 is 23.2 Å². The zero-order valence-electron chi connectivity index (χ0n) is 21.2. The van der Waals surface area contributed by atoms with Crippen LogP contribution in [0.15, 0.2) is 83.5 Å². The number of amides is 3. The monoisotopic (exact) mass is 564 g/mol. The first kappa shape index (κ1) is 26.7. The number of benzene rings is 3. The smallest absolute Gasteiger partial charge is 0.283 e. The number of hydrogen-bond donors (Lipinski definition) is 1. The van der Waals surface area contributed by atoms with Gasteiger partial charge in [0.05, 0.1) is 12.8 Å². The first-order chi connectivity index (χ1) is 18.9. The number of ether oxygens (including phenoxy) is 1. The van der Waals surface area contributed by atoms with Gasteiger partial charge < -0.3 is 15.0 Å². The minimum atomic E-state index is -0.703. The molecule has 200 valence electrons. The third-order valence-corrected chi connectivity index (χ3v) is 7.28. The Balaban J connectivity index is 1.27. The molecule has 2 aliphatic heterocycles. The average Bonchev–Trinajstić information content (AvgIpc) is 3.16. The highest BCUT2D eigenvalue weighted by molar-refractivity contribution is 6.53. The lowest BCUT2D eigenvalue weighted by atomic mass is 10.1. The van der Waals surface area contributed by atoms with Crippen LogP contribution in [0.3, 0.4) is 0 Å². The molecule has 39 heavy (non-hydrogen) atoms. The lowest BCUT2D eigenvalue weighted by molar-refractivity contribution is -0.120. The highest BCUT2D eigenvalue weighted by Gasteiger charge is 2.40. The molecular formula is C29H26Cl2N4O4. The molecule has 8 nitrogen and oxygen atoms in total. The van der Waals surface area contributed by atoms with Crippen molar-refractivity contribution in [3.63, 3.8) is 0 Å². The molecule has 0 aromatic heterocycles. The number of methoxy groups -OCH3 is 1. The summed E-state index contributed by atoms with van der Waals surface area (Å²) in [4.78, 5) is 44.5. The Morgan fingerprint density at radius 2 is 1.64 bits per heavy atom. The van der Waals surface area contributed by atoms with Gasteiger partial charge in [-0.15, -0.1) is 0 Å². The maximum Gasteiger partial charge on any atom is 0.283 e. The highest BCUT2D eigenvalue weighted by Crippen LogP contribution is 2.37. The van der Waals surface area contributed by atoms with Gasteiger partial charge in [-0.25, -0.2) is 4.90 Å². The van der Waals surface area contributed by atoms with Gasteiger partial charge in [0, 0.05) is 49.0 Å².